The fourth-order valence-electron chi connectivity index (χ4n) is 1.65. The molecule has 0 aliphatic carbocycles. The maximum absolute atomic E-state index is 11.3. The first-order valence-corrected chi connectivity index (χ1v) is 5.83. The molecular formula is C9H12N2OS. The fourth-order valence-corrected chi connectivity index (χ4v) is 2.91. The van der Waals surface area contributed by atoms with Gasteiger partial charge in [0.1, 0.15) is 5.82 Å². The van der Waals surface area contributed by atoms with Gasteiger partial charge < -0.3 is 0 Å². The van der Waals surface area contributed by atoms with E-state index in [1.54, 1.807) is 0 Å². The van der Waals surface area contributed by atoms with Gasteiger partial charge in [-0.1, -0.05) is 0 Å². The largest absolute Gasteiger partial charge is 0.259 e. The predicted molar refractivity (Wildman–Crippen MR) is 51.9 cm³/mol. The average Bonchev–Trinajstić information content (AvgIpc) is 2.06. The van der Waals surface area contributed by atoms with Gasteiger partial charge in [-0.25, -0.2) is 9.97 Å². The Bertz CT molecular complexity index is 376. The Balaban J connectivity index is 2.53. The molecule has 0 bridgehead atoms. The lowest BCUT2D eigenvalue weighted by molar-refractivity contribution is 0.677. The highest BCUT2D eigenvalue weighted by atomic mass is 32.2. The minimum atomic E-state index is -0.698. The molecule has 1 aliphatic rings. The summed E-state index contributed by atoms with van der Waals surface area (Å²) in [6.07, 6.45) is 0.839. The second-order valence-electron chi connectivity index (χ2n) is 3.32. The SMILES string of the molecule is Cc1nc(C)c2c(n1)CCS(=O)C2. The summed E-state index contributed by atoms with van der Waals surface area (Å²) in [6, 6.07) is 0. The van der Waals surface area contributed by atoms with Gasteiger partial charge in [0.15, 0.2) is 0 Å². The highest BCUT2D eigenvalue weighted by molar-refractivity contribution is 7.84. The van der Waals surface area contributed by atoms with Crippen molar-refractivity contribution in [2.75, 3.05) is 5.75 Å². The van der Waals surface area contributed by atoms with Crippen LogP contribution in [0, 0.1) is 13.8 Å². The van der Waals surface area contributed by atoms with Crippen molar-refractivity contribution < 1.29 is 4.21 Å². The van der Waals surface area contributed by atoms with E-state index in [0.29, 0.717) is 5.75 Å². The molecule has 0 spiro atoms. The van der Waals surface area contributed by atoms with Crippen molar-refractivity contribution in [3.8, 4) is 0 Å². The standard InChI is InChI=1S/C9H12N2OS/c1-6-8-5-13(12)4-3-9(8)11-7(2)10-6/h3-5H2,1-2H3. The van der Waals surface area contributed by atoms with Crippen LogP contribution in [0.15, 0.2) is 0 Å². The first kappa shape index (κ1) is 8.81. The highest BCUT2D eigenvalue weighted by Gasteiger charge is 2.18. The molecule has 1 aromatic rings. The number of aryl methyl sites for hydroxylation is 3. The molecule has 1 unspecified atom stereocenters. The van der Waals surface area contributed by atoms with E-state index >= 15 is 0 Å². The van der Waals surface area contributed by atoms with Crippen LogP contribution < -0.4 is 0 Å². The van der Waals surface area contributed by atoms with E-state index in [1.165, 1.54) is 0 Å². The predicted octanol–water partition coefficient (Wildman–Crippen LogP) is 0.898. The van der Waals surface area contributed by atoms with Crippen LogP contribution in [-0.2, 0) is 23.0 Å². The zero-order chi connectivity index (χ0) is 9.42. The molecule has 0 radical (unpaired) electrons. The zero-order valence-corrected chi connectivity index (χ0v) is 8.65. The highest BCUT2D eigenvalue weighted by Crippen LogP contribution is 2.18. The summed E-state index contributed by atoms with van der Waals surface area (Å²) >= 11 is 0. The molecule has 0 saturated heterocycles. The molecule has 70 valence electrons. The van der Waals surface area contributed by atoms with Crippen molar-refractivity contribution in [1.29, 1.82) is 0 Å². The third-order valence-corrected chi connectivity index (χ3v) is 3.55. The van der Waals surface area contributed by atoms with Crippen molar-refractivity contribution in [1.82, 2.24) is 9.97 Å². The number of hydrogen-bond donors (Lipinski definition) is 0. The number of rotatable bonds is 0. The van der Waals surface area contributed by atoms with Crippen LogP contribution in [0.25, 0.3) is 0 Å². The molecule has 1 aliphatic heterocycles. The van der Waals surface area contributed by atoms with Crippen molar-refractivity contribution >= 4 is 10.8 Å². The Morgan fingerprint density at radius 1 is 1.31 bits per heavy atom. The Hall–Kier alpha value is -0.770. The summed E-state index contributed by atoms with van der Waals surface area (Å²) in [6.45, 7) is 3.87. The quantitative estimate of drug-likeness (QED) is 0.619. The fraction of sp³-hybridized carbons (Fsp3) is 0.556. The van der Waals surface area contributed by atoms with Crippen LogP contribution in [0.3, 0.4) is 0 Å². The zero-order valence-electron chi connectivity index (χ0n) is 7.83. The van der Waals surface area contributed by atoms with E-state index in [1.807, 2.05) is 13.8 Å². The van der Waals surface area contributed by atoms with Crippen molar-refractivity contribution in [3.63, 3.8) is 0 Å². The summed E-state index contributed by atoms with van der Waals surface area (Å²) < 4.78 is 11.3. The van der Waals surface area contributed by atoms with E-state index in [0.717, 1.165) is 34.9 Å². The first-order chi connectivity index (χ1) is 6.16. The lowest BCUT2D eigenvalue weighted by Gasteiger charge is -2.16. The van der Waals surface area contributed by atoms with Crippen molar-refractivity contribution in [3.05, 3.63) is 22.8 Å². The summed E-state index contributed by atoms with van der Waals surface area (Å²) in [5.41, 5.74) is 3.20. The van der Waals surface area contributed by atoms with Crippen LogP contribution >= 0.6 is 0 Å². The van der Waals surface area contributed by atoms with E-state index in [4.69, 9.17) is 0 Å². The smallest absolute Gasteiger partial charge is 0.125 e. The molecular weight excluding hydrogens is 184 g/mol. The topological polar surface area (TPSA) is 42.9 Å². The van der Waals surface area contributed by atoms with Crippen LogP contribution in [-0.4, -0.2) is 19.9 Å². The maximum atomic E-state index is 11.3. The number of aromatic nitrogens is 2. The first-order valence-electron chi connectivity index (χ1n) is 4.35. The molecule has 0 N–H and O–H groups in total. The van der Waals surface area contributed by atoms with Gasteiger partial charge in [-0.05, 0) is 13.8 Å². The Morgan fingerprint density at radius 2 is 2.08 bits per heavy atom. The van der Waals surface area contributed by atoms with Gasteiger partial charge in [0, 0.05) is 39.9 Å². The van der Waals surface area contributed by atoms with Crippen LogP contribution in [0.2, 0.25) is 0 Å². The Labute approximate surface area is 80.1 Å². The van der Waals surface area contributed by atoms with Crippen LogP contribution in [0.4, 0.5) is 0 Å². The van der Waals surface area contributed by atoms with E-state index < -0.39 is 10.8 Å². The number of fused-ring (bicyclic) bond motifs is 1. The molecule has 1 atom stereocenters. The van der Waals surface area contributed by atoms with Crippen LogP contribution in [0.1, 0.15) is 22.8 Å². The monoisotopic (exact) mass is 196 g/mol. The second kappa shape index (κ2) is 3.18. The summed E-state index contributed by atoms with van der Waals surface area (Å²) in [7, 11) is -0.698. The molecule has 4 heteroatoms. The van der Waals surface area contributed by atoms with Crippen molar-refractivity contribution in [2.45, 2.75) is 26.0 Å². The van der Waals surface area contributed by atoms with Gasteiger partial charge in [0.2, 0.25) is 0 Å². The second-order valence-corrected chi connectivity index (χ2v) is 4.90. The lowest BCUT2D eigenvalue weighted by atomic mass is 10.1. The van der Waals surface area contributed by atoms with Gasteiger partial charge in [-0.2, -0.15) is 0 Å². The molecule has 0 saturated carbocycles. The molecule has 0 fully saturated rings. The maximum Gasteiger partial charge on any atom is 0.125 e. The Kier molecular flexibility index (Phi) is 2.15. The minimum absolute atomic E-state index is 0.640. The molecule has 1 aromatic heterocycles. The van der Waals surface area contributed by atoms with Gasteiger partial charge in [0.25, 0.3) is 0 Å². The number of nitrogens with zero attached hydrogens (tertiary/aromatic N) is 2. The summed E-state index contributed by atoms with van der Waals surface area (Å²) in [5.74, 6) is 2.22. The van der Waals surface area contributed by atoms with Gasteiger partial charge in [-0.3, -0.25) is 4.21 Å². The summed E-state index contributed by atoms with van der Waals surface area (Å²) in [5, 5.41) is 0. The van der Waals surface area contributed by atoms with Gasteiger partial charge in [0.05, 0.1) is 5.75 Å². The third-order valence-electron chi connectivity index (χ3n) is 2.28. The van der Waals surface area contributed by atoms with Crippen LogP contribution in [0.5, 0.6) is 0 Å². The number of hydrogen-bond acceptors (Lipinski definition) is 3. The lowest BCUT2D eigenvalue weighted by Crippen LogP contribution is -2.17. The van der Waals surface area contributed by atoms with Gasteiger partial charge in [-0.15, -0.1) is 0 Å². The third kappa shape index (κ3) is 1.63. The normalized spacial score (nSPS) is 21.2. The molecule has 2 heterocycles. The molecule has 0 amide bonds. The van der Waals surface area contributed by atoms with E-state index in [9.17, 15) is 4.21 Å². The summed E-state index contributed by atoms with van der Waals surface area (Å²) in [4.78, 5) is 8.64. The van der Waals surface area contributed by atoms with Crippen molar-refractivity contribution in [2.24, 2.45) is 0 Å². The molecule has 2 rings (SSSR count). The van der Waals surface area contributed by atoms with Gasteiger partial charge >= 0.3 is 0 Å². The van der Waals surface area contributed by atoms with E-state index in [2.05, 4.69) is 9.97 Å². The molecule has 0 aromatic carbocycles. The molecule has 3 nitrogen and oxygen atoms in total. The molecule has 13 heavy (non-hydrogen) atoms. The Morgan fingerprint density at radius 3 is 2.85 bits per heavy atom. The minimum Gasteiger partial charge on any atom is -0.259 e. The average molecular weight is 196 g/mol. The van der Waals surface area contributed by atoms with E-state index in [-0.39, 0.29) is 0 Å².